The fourth-order valence-corrected chi connectivity index (χ4v) is 0. The van der Waals surface area contributed by atoms with E-state index in [2.05, 4.69) is 39.6 Å². The molecule has 3 heteroatoms. The van der Waals surface area contributed by atoms with Crippen molar-refractivity contribution in [3.05, 3.63) is 6.92 Å². The number of halogens is 2. The average molecular weight is 241 g/mol. The Morgan fingerprint density at radius 2 is 1.71 bits per heavy atom. The normalized spacial score (nSPS) is 5.71. The Morgan fingerprint density at radius 1 is 1.57 bits per heavy atom. The average Bonchev–Trinajstić information content (AvgIpc) is 1.69. The molecule has 7 heavy (non-hydrogen) atoms. The minimum Gasteiger partial charge on any atom is -0.280 e. The quantitative estimate of drug-likeness (QED) is 0.619. The van der Waals surface area contributed by atoms with Gasteiger partial charge in [-0.3, -0.25) is 25.8 Å². The molecule has 0 bridgehead atoms. The summed E-state index contributed by atoms with van der Waals surface area (Å²) >= 11 is 6.44. The zero-order valence-electron chi connectivity index (χ0n) is 4.58. The summed E-state index contributed by atoms with van der Waals surface area (Å²) in [5.74, 6) is 0. The molecule has 0 amide bonds. The van der Waals surface area contributed by atoms with E-state index in [0.717, 1.165) is 6.42 Å². The molecule has 0 N–H and O–H groups in total. The lowest BCUT2D eigenvalue weighted by Crippen LogP contribution is -1.48. The van der Waals surface area contributed by atoms with E-state index >= 15 is 0 Å². The first-order valence-corrected chi connectivity index (χ1v) is 10.0. The van der Waals surface area contributed by atoms with Crippen LogP contribution in [0.4, 0.5) is 0 Å². The highest BCUT2D eigenvalue weighted by molar-refractivity contribution is 9.47. The molecule has 0 heterocycles. The van der Waals surface area contributed by atoms with Gasteiger partial charge in [0.15, 0.2) is 0 Å². The van der Waals surface area contributed by atoms with Crippen LogP contribution in [0.3, 0.4) is 0 Å². The highest BCUT2D eigenvalue weighted by Gasteiger charge is 1.62. The van der Waals surface area contributed by atoms with Crippen LogP contribution in [0.1, 0.15) is 19.8 Å². The molecule has 0 aromatic carbocycles. The SMILES string of the molecule is [Br][Mg][Br].[CH2]CCC. The van der Waals surface area contributed by atoms with Crippen molar-refractivity contribution >= 4 is 41.8 Å². The van der Waals surface area contributed by atoms with Crippen LogP contribution < -0.4 is 0 Å². The van der Waals surface area contributed by atoms with Crippen molar-refractivity contribution in [3.63, 3.8) is 0 Å². The summed E-state index contributed by atoms with van der Waals surface area (Å²) in [5.41, 5.74) is 0. The molecular weight excluding hydrogens is 232 g/mol. The first-order chi connectivity index (χ1) is 3.33. The maximum absolute atomic E-state index is 3.60. The Hall–Kier alpha value is 1.73. The van der Waals surface area contributed by atoms with Crippen molar-refractivity contribution in [2.75, 3.05) is 0 Å². The van der Waals surface area contributed by atoms with Gasteiger partial charge in [-0.2, -0.15) is 0 Å². The molecule has 0 rings (SSSR count). The molecule has 0 aliphatic carbocycles. The molecule has 0 saturated carbocycles. The van der Waals surface area contributed by atoms with Crippen molar-refractivity contribution < 1.29 is 0 Å². The second-order valence-corrected chi connectivity index (χ2v) is 9.04. The molecule has 0 saturated heterocycles. The van der Waals surface area contributed by atoms with Crippen molar-refractivity contribution in [1.29, 1.82) is 0 Å². The molecular formula is C4H9Br2Mg. The van der Waals surface area contributed by atoms with Gasteiger partial charge in [-0.15, -0.1) is 0 Å². The smallest absolute Gasteiger partial charge is 0.280 e. The van der Waals surface area contributed by atoms with Gasteiger partial charge in [0.05, 0.1) is 0 Å². The molecule has 1 radical (unpaired) electrons. The molecule has 0 aromatic heterocycles. The van der Waals surface area contributed by atoms with Crippen molar-refractivity contribution in [2.24, 2.45) is 0 Å². The van der Waals surface area contributed by atoms with Gasteiger partial charge in [-0.25, -0.2) is 0 Å². The lowest BCUT2D eigenvalue weighted by atomic mass is 10.4. The first-order valence-electron chi connectivity index (χ1n) is 2.24. The Balaban J connectivity index is 0. The van der Waals surface area contributed by atoms with Gasteiger partial charge in [-0.1, -0.05) is 26.7 Å². The van der Waals surface area contributed by atoms with Gasteiger partial charge >= 0.3 is 16.0 Å². The summed E-state index contributed by atoms with van der Waals surface area (Å²) in [6, 6.07) is 0. The molecule has 0 atom stereocenters. The minimum absolute atomic E-state index is 0.0417. The largest absolute Gasteiger partial charge is 0.560 e. The Morgan fingerprint density at radius 3 is 1.71 bits per heavy atom. The Kier molecular flexibility index (Phi) is 25.7. The van der Waals surface area contributed by atoms with Crippen LogP contribution in [0, 0.1) is 6.92 Å². The second kappa shape index (κ2) is 15.6. The van der Waals surface area contributed by atoms with Crippen LogP contribution in [0.2, 0.25) is 0 Å². The predicted octanol–water partition coefficient (Wildman–Crippen LogP) is 2.93. The number of hydrogen-bond donors (Lipinski definition) is 0. The predicted molar refractivity (Wildman–Crippen MR) is 43.9 cm³/mol. The lowest BCUT2D eigenvalue weighted by Gasteiger charge is -1.67. The maximum atomic E-state index is 3.60. The Bertz CT molecular complexity index is 17.2. The summed E-state index contributed by atoms with van der Waals surface area (Å²) in [6.07, 6.45) is 2.28. The van der Waals surface area contributed by atoms with E-state index in [1.54, 1.807) is 0 Å². The number of hydrogen-bond acceptors (Lipinski definition) is 0. The topological polar surface area (TPSA) is 0 Å². The minimum atomic E-state index is 0.0417. The van der Waals surface area contributed by atoms with Gasteiger partial charge in [0.25, 0.3) is 0 Å². The summed E-state index contributed by atoms with van der Waals surface area (Å²) in [5, 5.41) is 0. The van der Waals surface area contributed by atoms with Gasteiger partial charge in [0.1, 0.15) is 0 Å². The highest BCUT2D eigenvalue weighted by Crippen LogP contribution is 1.78. The standard InChI is InChI=1S/C4H9.2BrH.Mg/c1-3-4-2;;;/h1,3-4H2,2H3;2*1H;/q;;;+2/p-2. The summed E-state index contributed by atoms with van der Waals surface area (Å²) < 4.78 is 0. The zero-order valence-corrected chi connectivity index (χ0v) is 9.17. The van der Waals surface area contributed by atoms with E-state index in [4.69, 9.17) is 0 Å². The van der Waals surface area contributed by atoms with Gasteiger partial charge in [0.2, 0.25) is 0 Å². The summed E-state index contributed by atoms with van der Waals surface area (Å²) in [7, 11) is 0. The molecule has 0 spiro atoms. The molecule has 0 aliphatic rings. The fraction of sp³-hybridized carbons (Fsp3) is 0.750. The maximum Gasteiger partial charge on any atom is 0.560 e. The van der Waals surface area contributed by atoms with E-state index in [1.807, 2.05) is 0 Å². The molecule has 0 nitrogen and oxygen atoms in total. The van der Waals surface area contributed by atoms with Crippen LogP contribution in [-0.4, -0.2) is 16.0 Å². The molecule has 0 aliphatic heterocycles. The zero-order chi connectivity index (χ0) is 6.12. The fourth-order valence-electron chi connectivity index (χ4n) is 0. The van der Waals surface area contributed by atoms with Crippen molar-refractivity contribution in [1.82, 2.24) is 0 Å². The van der Waals surface area contributed by atoms with Crippen LogP contribution >= 0.6 is 25.8 Å². The van der Waals surface area contributed by atoms with Crippen LogP contribution in [0.25, 0.3) is 0 Å². The first kappa shape index (κ1) is 11.5. The van der Waals surface area contributed by atoms with E-state index in [1.165, 1.54) is 6.42 Å². The van der Waals surface area contributed by atoms with Crippen LogP contribution in [0.15, 0.2) is 0 Å². The van der Waals surface area contributed by atoms with Crippen molar-refractivity contribution in [3.8, 4) is 0 Å². The third kappa shape index (κ3) is 34.1. The third-order valence-corrected chi connectivity index (χ3v) is 0.354. The summed E-state index contributed by atoms with van der Waals surface area (Å²) in [6.45, 7) is 5.72. The van der Waals surface area contributed by atoms with E-state index in [9.17, 15) is 0 Å². The summed E-state index contributed by atoms with van der Waals surface area (Å²) in [4.78, 5) is 0. The van der Waals surface area contributed by atoms with E-state index in [0.29, 0.717) is 0 Å². The van der Waals surface area contributed by atoms with Crippen LogP contribution in [-0.2, 0) is 0 Å². The van der Waals surface area contributed by atoms with Gasteiger partial charge in [-0.05, 0) is 0 Å². The van der Waals surface area contributed by atoms with Gasteiger partial charge < -0.3 is 0 Å². The second-order valence-electron chi connectivity index (χ2n) is 0.955. The van der Waals surface area contributed by atoms with E-state index < -0.39 is 0 Å². The lowest BCUT2D eigenvalue weighted by molar-refractivity contribution is 0.956. The van der Waals surface area contributed by atoms with Gasteiger partial charge in [0, 0.05) is 0 Å². The Labute approximate surface area is 67.9 Å². The number of unbranched alkanes of at least 4 members (excludes halogenated alkanes) is 1. The van der Waals surface area contributed by atoms with E-state index in [-0.39, 0.29) is 16.0 Å². The molecule has 0 aromatic rings. The third-order valence-electron chi connectivity index (χ3n) is 0.354. The monoisotopic (exact) mass is 239 g/mol. The molecule has 0 unspecified atom stereocenters. The van der Waals surface area contributed by atoms with Crippen molar-refractivity contribution in [2.45, 2.75) is 19.8 Å². The molecule has 0 fully saturated rings. The number of rotatable bonds is 1. The van der Waals surface area contributed by atoms with Crippen LogP contribution in [0.5, 0.6) is 0 Å². The molecule has 41 valence electrons. The highest BCUT2D eigenvalue weighted by atomic mass is 79.9.